The predicted octanol–water partition coefficient (Wildman–Crippen LogP) is 4.57. The summed E-state index contributed by atoms with van der Waals surface area (Å²) in [5, 5.41) is 0. The zero-order valence-corrected chi connectivity index (χ0v) is 9.71. The molecule has 14 heavy (non-hydrogen) atoms. The molecule has 0 saturated heterocycles. The van der Waals surface area contributed by atoms with Gasteiger partial charge in [0, 0.05) is 6.08 Å². The number of hydrogen-bond acceptors (Lipinski definition) is 0. The third-order valence-electron chi connectivity index (χ3n) is 1.92. The van der Waals surface area contributed by atoms with Crippen molar-refractivity contribution < 1.29 is 13.2 Å². The van der Waals surface area contributed by atoms with Gasteiger partial charge in [-0.2, -0.15) is 13.2 Å². The standard InChI is InChI=1S/C11H19F3/c1-9(2,3)8(10(4,5)6)7-11(12,13)14/h7H,1-6H3. The molecule has 0 amide bonds. The highest BCUT2D eigenvalue weighted by atomic mass is 19.4. The lowest BCUT2D eigenvalue weighted by Gasteiger charge is -2.34. The summed E-state index contributed by atoms with van der Waals surface area (Å²) < 4.78 is 36.9. The molecule has 0 N–H and O–H groups in total. The smallest absolute Gasteiger partial charge is 0.167 e. The molecule has 0 bridgehead atoms. The first-order valence-electron chi connectivity index (χ1n) is 4.64. The van der Waals surface area contributed by atoms with E-state index in [1.54, 1.807) is 41.5 Å². The highest BCUT2D eigenvalue weighted by Crippen LogP contribution is 2.41. The minimum atomic E-state index is -4.23. The van der Waals surface area contributed by atoms with Crippen LogP contribution in [0, 0.1) is 10.8 Å². The molecule has 84 valence electrons. The third-order valence-corrected chi connectivity index (χ3v) is 1.92. The topological polar surface area (TPSA) is 0 Å². The van der Waals surface area contributed by atoms with Crippen LogP contribution >= 0.6 is 0 Å². The third kappa shape index (κ3) is 4.68. The van der Waals surface area contributed by atoms with Crippen LogP contribution in [0.25, 0.3) is 0 Å². The number of halogens is 3. The van der Waals surface area contributed by atoms with Crippen LogP contribution in [0.1, 0.15) is 41.5 Å². The highest BCUT2D eigenvalue weighted by Gasteiger charge is 2.34. The van der Waals surface area contributed by atoms with Gasteiger partial charge in [0.05, 0.1) is 0 Å². The van der Waals surface area contributed by atoms with E-state index in [0.29, 0.717) is 11.6 Å². The Bertz CT molecular complexity index is 204. The number of rotatable bonds is 0. The van der Waals surface area contributed by atoms with Gasteiger partial charge >= 0.3 is 6.18 Å². The molecule has 0 aromatic carbocycles. The van der Waals surface area contributed by atoms with Crippen molar-refractivity contribution in [3.63, 3.8) is 0 Å². The van der Waals surface area contributed by atoms with E-state index in [1.807, 2.05) is 0 Å². The summed E-state index contributed by atoms with van der Waals surface area (Å²) in [7, 11) is 0. The lowest BCUT2D eigenvalue weighted by Crippen LogP contribution is -2.24. The number of alkyl halides is 3. The lowest BCUT2D eigenvalue weighted by molar-refractivity contribution is -0.0821. The van der Waals surface area contributed by atoms with Gasteiger partial charge in [0.1, 0.15) is 0 Å². The first kappa shape index (κ1) is 13.5. The van der Waals surface area contributed by atoms with Crippen molar-refractivity contribution >= 4 is 0 Å². The molecule has 0 nitrogen and oxygen atoms in total. The molecule has 0 aliphatic rings. The van der Waals surface area contributed by atoms with E-state index in [-0.39, 0.29) is 0 Å². The largest absolute Gasteiger partial charge is 0.409 e. The van der Waals surface area contributed by atoms with Gasteiger partial charge in [0.2, 0.25) is 0 Å². The quantitative estimate of drug-likeness (QED) is 0.511. The molecule has 0 rings (SSSR count). The maximum absolute atomic E-state index is 12.3. The van der Waals surface area contributed by atoms with Crippen LogP contribution in [0.3, 0.4) is 0 Å². The monoisotopic (exact) mass is 208 g/mol. The summed E-state index contributed by atoms with van der Waals surface area (Å²) in [6.45, 7) is 10.8. The molecular formula is C11H19F3. The van der Waals surface area contributed by atoms with Gasteiger partial charge in [-0.1, -0.05) is 47.1 Å². The first-order chi connectivity index (χ1) is 5.84. The van der Waals surface area contributed by atoms with Gasteiger partial charge in [-0.15, -0.1) is 0 Å². The van der Waals surface area contributed by atoms with E-state index in [1.165, 1.54) is 0 Å². The van der Waals surface area contributed by atoms with Crippen molar-refractivity contribution in [1.82, 2.24) is 0 Å². The molecule has 0 aliphatic carbocycles. The maximum atomic E-state index is 12.3. The van der Waals surface area contributed by atoms with Crippen molar-refractivity contribution in [2.75, 3.05) is 0 Å². The Morgan fingerprint density at radius 2 is 1.07 bits per heavy atom. The Morgan fingerprint density at radius 1 is 0.786 bits per heavy atom. The Morgan fingerprint density at radius 3 is 1.14 bits per heavy atom. The van der Waals surface area contributed by atoms with Gasteiger partial charge in [0.15, 0.2) is 0 Å². The molecule has 0 fully saturated rings. The molecule has 0 unspecified atom stereocenters. The summed E-state index contributed by atoms with van der Waals surface area (Å²) >= 11 is 0. The van der Waals surface area contributed by atoms with Crippen molar-refractivity contribution in [3.05, 3.63) is 11.6 Å². The maximum Gasteiger partial charge on any atom is 0.409 e. The molecule has 0 atom stereocenters. The summed E-state index contributed by atoms with van der Waals surface area (Å²) in [6.07, 6.45) is -3.79. The second kappa shape index (κ2) is 3.59. The molecular weight excluding hydrogens is 189 g/mol. The zero-order chi connectivity index (χ0) is 11.8. The average molecular weight is 208 g/mol. The van der Waals surface area contributed by atoms with Crippen LogP contribution in [0.5, 0.6) is 0 Å². The molecule has 3 heteroatoms. The van der Waals surface area contributed by atoms with Crippen LogP contribution in [0.2, 0.25) is 0 Å². The Kier molecular flexibility index (Phi) is 3.47. The van der Waals surface area contributed by atoms with Crippen LogP contribution in [-0.2, 0) is 0 Å². The SMILES string of the molecule is CC(C)(C)C(=CC(F)(F)F)C(C)(C)C. The van der Waals surface area contributed by atoms with Crippen LogP contribution in [0.4, 0.5) is 13.2 Å². The van der Waals surface area contributed by atoms with Crippen LogP contribution in [-0.4, -0.2) is 6.18 Å². The summed E-state index contributed by atoms with van der Waals surface area (Å²) in [4.78, 5) is 0. The Labute approximate surface area is 84.2 Å². The second-order valence-corrected chi connectivity index (χ2v) is 5.60. The van der Waals surface area contributed by atoms with E-state index in [2.05, 4.69) is 0 Å². The number of allylic oxidation sites excluding steroid dienone is 2. The van der Waals surface area contributed by atoms with Gasteiger partial charge in [0.25, 0.3) is 0 Å². The fourth-order valence-corrected chi connectivity index (χ4v) is 1.72. The zero-order valence-electron chi connectivity index (χ0n) is 9.71. The van der Waals surface area contributed by atoms with Crippen molar-refractivity contribution in [3.8, 4) is 0 Å². The van der Waals surface area contributed by atoms with Gasteiger partial charge < -0.3 is 0 Å². The normalized spacial score (nSPS) is 14.1. The van der Waals surface area contributed by atoms with Crippen LogP contribution < -0.4 is 0 Å². The fraction of sp³-hybridized carbons (Fsp3) is 0.818. The van der Waals surface area contributed by atoms with E-state index in [9.17, 15) is 13.2 Å². The summed E-state index contributed by atoms with van der Waals surface area (Å²) in [6, 6.07) is 0. The Hall–Kier alpha value is -0.470. The molecule has 0 aliphatic heterocycles. The van der Waals surface area contributed by atoms with Crippen molar-refractivity contribution in [2.24, 2.45) is 10.8 Å². The average Bonchev–Trinajstić information content (AvgIpc) is 1.75. The van der Waals surface area contributed by atoms with Crippen molar-refractivity contribution in [1.29, 1.82) is 0 Å². The van der Waals surface area contributed by atoms with E-state index in [0.717, 1.165) is 0 Å². The van der Waals surface area contributed by atoms with Crippen LogP contribution in [0.15, 0.2) is 11.6 Å². The lowest BCUT2D eigenvalue weighted by atomic mass is 9.72. The number of hydrogen-bond donors (Lipinski definition) is 0. The second-order valence-electron chi connectivity index (χ2n) is 5.60. The van der Waals surface area contributed by atoms with Gasteiger partial charge in [-0.05, 0) is 10.8 Å². The predicted molar refractivity (Wildman–Crippen MR) is 53.0 cm³/mol. The summed E-state index contributed by atoms with van der Waals surface area (Å²) in [5.74, 6) is 0. The molecule has 0 aromatic rings. The van der Waals surface area contributed by atoms with E-state index < -0.39 is 17.0 Å². The van der Waals surface area contributed by atoms with Crippen molar-refractivity contribution in [2.45, 2.75) is 47.7 Å². The van der Waals surface area contributed by atoms with E-state index in [4.69, 9.17) is 0 Å². The fourth-order valence-electron chi connectivity index (χ4n) is 1.72. The molecule has 0 radical (unpaired) electrons. The molecule has 0 saturated carbocycles. The highest BCUT2D eigenvalue weighted by molar-refractivity contribution is 5.19. The first-order valence-corrected chi connectivity index (χ1v) is 4.64. The minimum Gasteiger partial charge on any atom is -0.167 e. The summed E-state index contributed by atoms with van der Waals surface area (Å²) in [5.41, 5.74) is -0.473. The Balaban J connectivity index is 5.26. The van der Waals surface area contributed by atoms with Gasteiger partial charge in [-0.25, -0.2) is 0 Å². The molecule has 0 aromatic heterocycles. The van der Waals surface area contributed by atoms with E-state index >= 15 is 0 Å². The molecule has 0 spiro atoms. The van der Waals surface area contributed by atoms with Gasteiger partial charge in [-0.3, -0.25) is 0 Å². The molecule has 0 heterocycles. The minimum absolute atomic E-state index is 0.428.